The third kappa shape index (κ3) is 5.19. The smallest absolute Gasteiger partial charge is 0.233 e. The number of amides is 1. The molecule has 0 aliphatic carbocycles. The maximum atomic E-state index is 12.9. The van der Waals surface area contributed by atoms with Crippen molar-refractivity contribution in [2.75, 3.05) is 43.9 Å². The quantitative estimate of drug-likeness (QED) is 0.551. The Kier molecular flexibility index (Phi) is 6.76. The van der Waals surface area contributed by atoms with Gasteiger partial charge in [-0.05, 0) is 49.7 Å². The Morgan fingerprint density at radius 3 is 2.48 bits per heavy atom. The molecule has 1 saturated heterocycles. The molecule has 31 heavy (non-hydrogen) atoms. The van der Waals surface area contributed by atoms with Gasteiger partial charge in [-0.1, -0.05) is 29.5 Å². The van der Waals surface area contributed by atoms with Crippen LogP contribution in [0.5, 0.6) is 5.75 Å². The van der Waals surface area contributed by atoms with Crippen molar-refractivity contribution in [2.24, 2.45) is 0 Å². The van der Waals surface area contributed by atoms with Gasteiger partial charge in [-0.2, -0.15) is 0 Å². The van der Waals surface area contributed by atoms with Crippen molar-refractivity contribution >= 4 is 23.4 Å². The number of nitrogens with zero attached hydrogens (tertiary/aromatic N) is 5. The fourth-order valence-corrected chi connectivity index (χ4v) is 4.47. The largest absolute Gasteiger partial charge is 0.497 e. The molecule has 0 saturated carbocycles. The van der Waals surface area contributed by atoms with Gasteiger partial charge in [-0.25, -0.2) is 0 Å². The zero-order valence-corrected chi connectivity index (χ0v) is 18.7. The SMILES string of the molecule is COc1ccc(N2CCCN(C(=O)CSc3nncn3-c3ccc(C)cc3)CC2)cc1. The number of benzene rings is 2. The lowest BCUT2D eigenvalue weighted by Crippen LogP contribution is -2.36. The molecule has 0 atom stereocenters. The first-order valence-corrected chi connectivity index (χ1v) is 11.4. The summed E-state index contributed by atoms with van der Waals surface area (Å²) in [4.78, 5) is 17.2. The number of carbonyl (C=O) groups is 1. The summed E-state index contributed by atoms with van der Waals surface area (Å²) in [6, 6.07) is 16.3. The van der Waals surface area contributed by atoms with Gasteiger partial charge in [0.15, 0.2) is 5.16 Å². The van der Waals surface area contributed by atoms with Crippen LogP contribution in [0.15, 0.2) is 60.0 Å². The van der Waals surface area contributed by atoms with Crippen LogP contribution >= 0.6 is 11.8 Å². The van der Waals surface area contributed by atoms with Crippen molar-refractivity contribution < 1.29 is 9.53 Å². The van der Waals surface area contributed by atoms with E-state index in [1.54, 1.807) is 13.4 Å². The number of carbonyl (C=O) groups excluding carboxylic acids is 1. The van der Waals surface area contributed by atoms with Crippen LogP contribution in [-0.4, -0.2) is 64.6 Å². The van der Waals surface area contributed by atoms with E-state index in [1.807, 2.05) is 33.7 Å². The predicted octanol–water partition coefficient (Wildman–Crippen LogP) is 3.42. The van der Waals surface area contributed by atoms with E-state index in [0.717, 1.165) is 54.9 Å². The minimum Gasteiger partial charge on any atom is -0.497 e. The summed E-state index contributed by atoms with van der Waals surface area (Å²) in [6.45, 7) is 5.31. The van der Waals surface area contributed by atoms with Gasteiger partial charge in [0.2, 0.25) is 5.91 Å². The molecule has 4 rings (SSSR count). The highest BCUT2D eigenvalue weighted by Gasteiger charge is 2.20. The van der Waals surface area contributed by atoms with E-state index < -0.39 is 0 Å². The molecule has 3 aromatic rings. The van der Waals surface area contributed by atoms with Gasteiger partial charge in [0, 0.05) is 37.6 Å². The fourth-order valence-electron chi connectivity index (χ4n) is 3.64. The van der Waals surface area contributed by atoms with Crippen LogP contribution in [0.25, 0.3) is 5.69 Å². The van der Waals surface area contributed by atoms with Gasteiger partial charge in [0.1, 0.15) is 12.1 Å². The maximum Gasteiger partial charge on any atom is 0.233 e. The molecule has 1 amide bonds. The van der Waals surface area contributed by atoms with Crippen LogP contribution in [-0.2, 0) is 4.79 Å². The molecule has 1 fully saturated rings. The molecule has 162 valence electrons. The lowest BCUT2D eigenvalue weighted by atomic mass is 10.2. The van der Waals surface area contributed by atoms with Crippen LogP contribution in [0, 0.1) is 6.92 Å². The highest BCUT2D eigenvalue weighted by atomic mass is 32.2. The first-order chi connectivity index (χ1) is 15.1. The minimum absolute atomic E-state index is 0.139. The molecule has 2 aromatic carbocycles. The number of hydrogen-bond donors (Lipinski definition) is 0. The van der Waals surface area contributed by atoms with Crippen LogP contribution in [0.1, 0.15) is 12.0 Å². The van der Waals surface area contributed by atoms with Crippen molar-refractivity contribution in [3.63, 3.8) is 0 Å². The molecule has 0 N–H and O–H groups in total. The third-order valence-corrected chi connectivity index (χ3v) is 6.37. The van der Waals surface area contributed by atoms with Gasteiger partial charge >= 0.3 is 0 Å². The van der Waals surface area contributed by atoms with Crippen molar-refractivity contribution in [3.05, 3.63) is 60.4 Å². The number of aryl methyl sites for hydroxylation is 1. The lowest BCUT2D eigenvalue weighted by molar-refractivity contribution is -0.128. The van der Waals surface area contributed by atoms with Crippen molar-refractivity contribution in [3.8, 4) is 11.4 Å². The number of anilines is 1. The van der Waals surface area contributed by atoms with Crippen LogP contribution in [0.4, 0.5) is 5.69 Å². The second kappa shape index (κ2) is 9.87. The normalized spacial score (nSPS) is 14.4. The van der Waals surface area contributed by atoms with Gasteiger partial charge < -0.3 is 14.5 Å². The Labute approximate surface area is 187 Å². The van der Waals surface area contributed by atoms with Crippen LogP contribution in [0.2, 0.25) is 0 Å². The third-order valence-electron chi connectivity index (χ3n) is 5.44. The van der Waals surface area contributed by atoms with Gasteiger partial charge in [0.05, 0.1) is 12.9 Å². The predicted molar refractivity (Wildman–Crippen MR) is 123 cm³/mol. The van der Waals surface area contributed by atoms with Gasteiger partial charge in [-0.15, -0.1) is 10.2 Å². The van der Waals surface area contributed by atoms with E-state index in [1.165, 1.54) is 17.3 Å². The molecule has 1 aliphatic heterocycles. The average molecular weight is 438 g/mol. The molecule has 0 bridgehead atoms. The summed E-state index contributed by atoms with van der Waals surface area (Å²) in [5.74, 6) is 1.35. The highest BCUT2D eigenvalue weighted by molar-refractivity contribution is 7.99. The molecule has 1 aliphatic rings. The van der Waals surface area contributed by atoms with E-state index in [4.69, 9.17) is 4.74 Å². The molecule has 8 heteroatoms. The second-order valence-electron chi connectivity index (χ2n) is 7.53. The minimum atomic E-state index is 0.139. The van der Waals surface area contributed by atoms with Gasteiger partial charge in [-0.3, -0.25) is 9.36 Å². The highest BCUT2D eigenvalue weighted by Crippen LogP contribution is 2.22. The summed E-state index contributed by atoms with van der Waals surface area (Å²) >= 11 is 1.43. The molecule has 0 unspecified atom stereocenters. The number of methoxy groups -OCH3 is 1. The first kappa shape index (κ1) is 21.2. The average Bonchev–Trinajstić information content (AvgIpc) is 3.13. The van der Waals surface area contributed by atoms with E-state index in [9.17, 15) is 4.79 Å². The molecular weight excluding hydrogens is 410 g/mol. The lowest BCUT2D eigenvalue weighted by Gasteiger charge is -2.24. The van der Waals surface area contributed by atoms with E-state index >= 15 is 0 Å². The number of hydrogen-bond acceptors (Lipinski definition) is 6. The van der Waals surface area contributed by atoms with E-state index in [2.05, 4.69) is 46.3 Å². The Bertz CT molecular complexity index is 1000. The zero-order chi connectivity index (χ0) is 21.6. The number of rotatable bonds is 6. The number of aromatic nitrogens is 3. The summed E-state index contributed by atoms with van der Waals surface area (Å²) in [5.41, 5.74) is 3.36. The second-order valence-corrected chi connectivity index (χ2v) is 8.47. The fraction of sp³-hybridized carbons (Fsp3) is 0.348. The molecule has 7 nitrogen and oxygen atoms in total. The van der Waals surface area contributed by atoms with Crippen molar-refractivity contribution in [1.29, 1.82) is 0 Å². The summed E-state index contributed by atoms with van der Waals surface area (Å²) in [7, 11) is 1.67. The molecule has 0 radical (unpaired) electrons. The standard InChI is InChI=1S/C23H27N5O2S/c1-18-4-6-20(7-5-18)28-17-24-25-23(28)31-16-22(29)27-13-3-12-26(14-15-27)19-8-10-21(30-2)11-9-19/h4-11,17H,3,12-16H2,1-2H3. The Morgan fingerprint density at radius 1 is 1.00 bits per heavy atom. The van der Waals surface area contributed by atoms with Crippen LogP contribution in [0.3, 0.4) is 0 Å². The molecule has 1 aromatic heterocycles. The molecule has 2 heterocycles. The Hall–Kier alpha value is -3.00. The zero-order valence-electron chi connectivity index (χ0n) is 17.9. The Balaban J connectivity index is 1.33. The topological polar surface area (TPSA) is 63.5 Å². The Morgan fingerprint density at radius 2 is 1.74 bits per heavy atom. The van der Waals surface area contributed by atoms with Crippen molar-refractivity contribution in [2.45, 2.75) is 18.5 Å². The molecular formula is C23H27N5O2S. The van der Waals surface area contributed by atoms with E-state index in [0.29, 0.717) is 5.75 Å². The maximum absolute atomic E-state index is 12.9. The van der Waals surface area contributed by atoms with Gasteiger partial charge in [0.25, 0.3) is 0 Å². The number of ether oxygens (including phenoxy) is 1. The number of thioether (sulfide) groups is 1. The summed E-state index contributed by atoms with van der Waals surface area (Å²) in [6.07, 6.45) is 2.64. The van der Waals surface area contributed by atoms with E-state index in [-0.39, 0.29) is 5.91 Å². The first-order valence-electron chi connectivity index (χ1n) is 10.4. The summed E-state index contributed by atoms with van der Waals surface area (Å²) < 4.78 is 7.17. The monoisotopic (exact) mass is 437 g/mol. The van der Waals surface area contributed by atoms with Crippen molar-refractivity contribution in [1.82, 2.24) is 19.7 Å². The van der Waals surface area contributed by atoms with Crippen LogP contribution < -0.4 is 9.64 Å². The molecule has 0 spiro atoms. The summed E-state index contributed by atoms with van der Waals surface area (Å²) in [5, 5.41) is 8.97.